The van der Waals surface area contributed by atoms with Crippen LogP contribution in [0.4, 0.5) is 0 Å². The molecule has 1 unspecified atom stereocenters. The number of guanidine groups is 1. The first-order valence-electron chi connectivity index (χ1n) is 7.70. The van der Waals surface area contributed by atoms with Crippen molar-refractivity contribution in [1.82, 2.24) is 25.4 Å². The fourth-order valence-corrected chi connectivity index (χ4v) is 4.22. The van der Waals surface area contributed by atoms with Crippen LogP contribution in [0.5, 0.6) is 0 Å². The van der Waals surface area contributed by atoms with Gasteiger partial charge in [-0.05, 0) is 31.9 Å². The number of hydrogen-bond donors (Lipinski definition) is 2. The second-order valence-electron chi connectivity index (χ2n) is 5.97. The number of nitrogens with zero attached hydrogens (tertiary/aromatic N) is 4. The molecule has 6 nitrogen and oxygen atoms in total. The lowest BCUT2D eigenvalue weighted by Crippen LogP contribution is -2.43. The van der Waals surface area contributed by atoms with Crippen molar-refractivity contribution < 1.29 is 0 Å². The van der Waals surface area contributed by atoms with E-state index in [2.05, 4.69) is 49.1 Å². The van der Waals surface area contributed by atoms with Gasteiger partial charge in [-0.25, -0.2) is 0 Å². The summed E-state index contributed by atoms with van der Waals surface area (Å²) in [6.45, 7) is 5.00. The van der Waals surface area contributed by atoms with Gasteiger partial charge >= 0.3 is 0 Å². The van der Waals surface area contributed by atoms with Crippen molar-refractivity contribution >= 4 is 41.7 Å². The topological polar surface area (TPSA) is 67.1 Å². The maximum Gasteiger partial charge on any atom is 0.191 e. The third-order valence-corrected chi connectivity index (χ3v) is 5.79. The number of aromatic nitrogens is 3. The maximum atomic E-state index is 4.30. The van der Waals surface area contributed by atoms with Gasteiger partial charge < -0.3 is 15.2 Å². The van der Waals surface area contributed by atoms with Gasteiger partial charge in [-0.15, -0.1) is 34.2 Å². The quantitative estimate of drug-likeness (QED) is 0.428. The summed E-state index contributed by atoms with van der Waals surface area (Å²) in [6.07, 6.45) is 4.83. The van der Waals surface area contributed by atoms with Crippen LogP contribution in [0.2, 0.25) is 0 Å². The van der Waals surface area contributed by atoms with Gasteiger partial charge in [0.25, 0.3) is 0 Å². The highest BCUT2D eigenvalue weighted by molar-refractivity contribution is 14.0. The molecule has 0 radical (unpaired) electrons. The Morgan fingerprint density at radius 3 is 2.95 bits per heavy atom. The van der Waals surface area contributed by atoms with Gasteiger partial charge in [0, 0.05) is 31.3 Å². The number of aliphatic imine (C=N–C) groups is 1. The van der Waals surface area contributed by atoms with Crippen molar-refractivity contribution in [2.24, 2.45) is 4.99 Å². The van der Waals surface area contributed by atoms with Crippen molar-refractivity contribution in [2.75, 3.05) is 19.3 Å². The number of nitrogens with one attached hydrogen (secondary N) is 2. The molecule has 1 saturated heterocycles. The Bertz CT molecular complexity index is 523. The smallest absolute Gasteiger partial charge is 0.191 e. The molecule has 2 aliphatic heterocycles. The zero-order chi connectivity index (χ0) is 14.7. The molecule has 124 valence electrons. The van der Waals surface area contributed by atoms with Crippen molar-refractivity contribution in [3.8, 4) is 0 Å². The van der Waals surface area contributed by atoms with Crippen LogP contribution < -0.4 is 10.6 Å². The summed E-state index contributed by atoms with van der Waals surface area (Å²) in [6, 6.07) is 0. The Labute approximate surface area is 153 Å². The lowest BCUT2D eigenvalue weighted by atomic mass is 10.1. The molecule has 22 heavy (non-hydrogen) atoms. The van der Waals surface area contributed by atoms with E-state index >= 15 is 0 Å². The number of aryl methyl sites for hydroxylation is 1. The fraction of sp³-hybridized carbons (Fsp3) is 0.786. The van der Waals surface area contributed by atoms with Crippen LogP contribution in [0.15, 0.2) is 4.99 Å². The van der Waals surface area contributed by atoms with Gasteiger partial charge in [-0.3, -0.25) is 4.99 Å². The van der Waals surface area contributed by atoms with Crippen molar-refractivity contribution in [3.63, 3.8) is 0 Å². The lowest BCUT2D eigenvalue weighted by Gasteiger charge is -2.24. The van der Waals surface area contributed by atoms with Crippen molar-refractivity contribution in [3.05, 3.63) is 11.6 Å². The first-order valence-corrected chi connectivity index (χ1v) is 8.68. The first-order chi connectivity index (χ1) is 10.2. The minimum absolute atomic E-state index is 0. The molecule has 3 rings (SSSR count). The SMILES string of the molecule is CN=C(NCc1nnc2n1CCC2)NCC1(C)CCCS1.I. The van der Waals surface area contributed by atoms with E-state index < -0.39 is 0 Å². The van der Waals surface area contributed by atoms with Crippen molar-refractivity contribution in [1.29, 1.82) is 0 Å². The summed E-state index contributed by atoms with van der Waals surface area (Å²) in [7, 11) is 1.81. The minimum Gasteiger partial charge on any atom is -0.355 e. The third kappa shape index (κ3) is 4.06. The highest BCUT2D eigenvalue weighted by Crippen LogP contribution is 2.36. The van der Waals surface area contributed by atoms with Crippen LogP contribution in [0, 0.1) is 0 Å². The fourth-order valence-electron chi connectivity index (χ4n) is 2.97. The van der Waals surface area contributed by atoms with Gasteiger partial charge in [-0.2, -0.15) is 11.8 Å². The third-order valence-electron chi connectivity index (χ3n) is 4.25. The molecule has 2 N–H and O–H groups in total. The zero-order valence-electron chi connectivity index (χ0n) is 13.3. The molecule has 0 aliphatic carbocycles. The second-order valence-corrected chi connectivity index (χ2v) is 7.65. The van der Waals surface area contributed by atoms with E-state index in [9.17, 15) is 0 Å². The van der Waals surface area contributed by atoms with E-state index in [4.69, 9.17) is 0 Å². The Morgan fingerprint density at radius 2 is 2.23 bits per heavy atom. The Kier molecular flexibility index (Phi) is 6.36. The number of hydrogen-bond acceptors (Lipinski definition) is 4. The average Bonchev–Trinajstić information content (AvgIpc) is 3.17. The Hall–Kier alpha value is -0.510. The number of rotatable bonds is 4. The maximum absolute atomic E-state index is 4.30. The molecule has 0 amide bonds. The first kappa shape index (κ1) is 17.8. The number of halogens is 1. The predicted molar refractivity (Wildman–Crippen MR) is 102 cm³/mol. The summed E-state index contributed by atoms with van der Waals surface area (Å²) in [5, 5.41) is 15.3. The summed E-state index contributed by atoms with van der Waals surface area (Å²) in [4.78, 5) is 4.30. The van der Waals surface area contributed by atoms with E-state index in [1.54, 1.807) is 0 Å². The van der Waals surface area contributed by atoms with Crippen LogP contribution in [-0.4, -0.2) is 44.8 Å². The van der Waals surface area contributed by atoms with E-state index in [1.807, 2.05) is 7.05 Å². The second kappa shape index (κ2) is 7.85. The summed E-state index contributed by atoms with van der Waals surface area (Å²) < 4.78 is 2.56. The van der Waals surface area contributed by atoms with Crippen LogP contribution in [0.25, 0.3) is 0 Å². The van der Waals surface area contributed by atoms with Crippen LogP contribution in [0.1, 0.15) is 37.8 Å². The molecular formula is C14H25IN6S. The van der Waals surface area contributed by atoms with Crippen LogP contribution >= 0.6 is 35.7 Å². The standard InChI is InChI=1S/C14H24N6S.HI/c1-14(6-4-8-21-14)10-17-13(15-2)16-9-12-19-18-11-5-3-7-20(11)12;/h3-10H2,1-2H3,(H2,15,16,17);1H. The molecule has 2 aliphatic rings. The Balaban J connectivity index is 0.00000176. The normalized spacial score (nSPS) is 24.0. The van der Waals surface area contributed by atoms with E-state index in [1.165, 1.54) is 25.0 Å². The molecule has 0 spiro atoms. The molecule has 1 aromatic rings. The molecule has 1 atom stereocenters. The molecule has 0 saturated carbocycles. The van der Waals surface area contributed by atoms with Gasteiger partial charge in [-0.1, -0.05) is 0 Å². The van der Waals surface area contributed by atoms with Gasteiger partial charge in [0.1, 0.15) is 5.82 Å². The number of fused-ring (bicyclic) bond motifs is 1. The molecule has 8 heteroatoms. The minimum atomic E-state index is 0. The van der Waals surface area contributed by atoms with Crippen molar-refractivity contribution in [2.45, 2.75) is 50.4 Å². The molecular weight excluding hydrogens is 411 g/mol. The van der Waals surface area contributed by atoms with E-state index in [0.717, 1.165) is 37.1 Å². The summed E-state index contributed by atoms with van der Waals surface area (Å²) in [5.74, 6) is 4.24. The monoisotopic (exact) mass is 436 g/mol. The van der Waals surface area contributed by atoms with E-state index in [-0.39, 0.29) is 24.0 Å². The lowest BCUT2D eigenvalue weighted by molar-refractivity contribution is 0.582. The molecule has 1 aromatic heterocycles. The van der Waals surface area contributed by atoms with Gasteiger partial charge in [0.15, 0.2) is 11.8 Å². The average molecular weight is 436 g/mol. The summed E-state index contributed by atoms with van der Waals surface area (Å²) in [5.41, 5.74) is 0. The number of thioether (sulfide) groups is 1. The molecule has 0 aromatic carbocycles. The highest BCUT2D eigenvalue weighted by atomic mass is 127. The molecule has 0 bridgehead atoms. The predicted octanol–water partition coefficient (Wildman–Crippen LogP) is 1.79. The van der Waals surface area contributed by atoms with Gasteiger partial charge in [0.2, 0.25) is 0 Å². The summed E-state index contributed by atoms with van der Waals surface area (Å²) >= 11 is 2.06. The van der Waals surface area contributed by atoms with Gasteiger partial charge in [0.05, 0.1) is 6.54 Å². The molecule has 3 heterocycles. The van der Waals surface area contributed by atoms with E-state index in [0.29, 0.717) is 11.3 Å². The largest absolute Gasteiger partial charge is 0.355 e. The van der Waals surface area contributed by atoms with Crippen LogP contribution in [0.3, 0.4) is 0 Å². The van der Waals surface area contributed by atoms with Crippen LogP contribution in [-0.2, 0) is 19.5 Å². The Morgan fingerprint density at radius 1 is 1.36 bits per heavy atom. The zero-order valence-corrected chi connectivity index (χ0v) is 16.4. The highest BCUT2D eigenvalue weighted by Gasteiger charge is 2.29. The molecule has 1 fully saturated rings.